The fourth-order valence-electron chi connectivity index (χ4n) is 1.74. The Kier molecular flexibility index (Phi) is 8.51. The van der Waals surface area contributed by atoms with Gasteiger partial charge in [-0.05, 0) is 27.7 Å². The molecule has 0 aromatic heterocycles. The van der Waals surface area contributed by atoms with E-state index in [0.717, 1.165) is 13.8 Å². The maximum absolute atomic E-state index is 13.8. The molecule has 0 aliphatic rings. The van der Waals surface area contributed by atoms with Gasteiger partial charge in [-0.25, -0.2) is 8.78 Å². The summed E-state index contributed by atoms with van der Waals surface area (Å²) in [6, 6.07) is 0. The first-order valence-electron chi connectivity index (χ1n) is 7.59. The Morgan fingerprint density at radius 1 is 0.769 bits per heavy atom. The van der Waals surface area contributed by atoms with Gasteiger partial charge in [0.1, 0.15) is 6.10 Å². The molecule has 3 nitrogen and oxygen atoms in total. The number of ether oxygens (including phenoxy) is 3. The van der Waals surface area contributed by atoms with Crippen LogP contribution < -0.4 is 0 Å². The van der Waals surface area contributed by atoms with Gasteiger partial charge in [0.2, 0.25) is 6.17 Å². The van der Waals surface area contributed by atoms with Gasteiger partial charge in [0, 0.05) is 0 Å². The van der Waals surface area contributed by atoms with Crippen molar-refractivity contribution in [3.63, 3.8) is 0 Å². The summed E-state index contributed by atoms with van der Waals surface area (Å²) >= 11 is 0. The van der Waals surface area contributed by atoms with Crippen LogP contribution in [0.2, 0.25) is 0 Å². The van der Waals surface area contributed by atoms with Crippen LogP contribution in [0.3, 0.4) is 0 Å². The van der Waals surface area contributed by atoms with E-state index in [4.69, 9.17) is 0 Å². The molecule has 0 aromatic rings. The quantitative estimate of drug-likeness (QED) is 0.430. The van der Waals surface area contributed by atoms with E-state index in [9.17, 15) is 35.1 Å². The van der Waals surface area contributed by atoms with Crippen LogP contribution in [-0.4, -0.2) is 42.8 Å². The van der Waals surface area contributed by atoms with Crippen molar-refractivity contribution < 1.29 is 49.3 Å². The molecule has 0 amide bonds. The van der Waals surface area contributed by atoms with Crippen LogP contribution in [0.15, 0.2) is 12.4 Å². The van der Waals surface area contributed by atoms with Crippen molar-refractivity contribution in [2.45, 2.75) is 77.4 Å². The minimum absolute atomic E-state index is 0.476. The van der Waals surface area contributed by atoms with Crippen LogP contribution in [0.4, 0.5) is 35.1 Å². The van der Waals surface area contributed by atoms with E-state index >= 15 is 0 Å². The van der Waals surface area contributed by atoms with Gasteiger partial charge in [-0.3, -0.25) is 0 Å². The largest absolute Gasteiger partial charge is 0.409 e. The van der Waals surface area contributed by atoms with Gasteiger partial charge < -0.3 is 14.2 Å². The van der Waals surface area contributed by atoms with Crippen molar-refractivity contribution in [1.82, 2.24) is 0 Å². The van der Waals surface area contributed by atoms with Gasteiger partial charge in [0.05, 0.1) is 18.1 Å². The second-order valence-corrected chi connectivity index (χ2v) is 6.05. The van der Waals surface area contributed by atoms with Crippen LogP contribution in [0.5, 0.6) is 0 Å². The third-order valence-electron chi connectivity index (χ3n) is 3.35. The highest BCUT2D eigenvalue weighted by Gasteiger charge is 2.52. The molecule has 11 heteroatoms. The number of halogens is 8. The molecule has 0 saturated heterocycles. The second-order valence-electron chi connectivity index (χ2n) is 6.05. The summed E-state index contributed by atoms with van der Waals surface area (Å²) in [5.74, 6) is -4.24. The van der Waals surface area contributed by atoms with Crippen LogP contribution >= 0.6 is 0 Å². The molecular weight excluding hydrogens is 380 g/mol. The summed E-state index contributed by atoms with van der Waals surface area (Å²) < 4.78 is 119. The van der Waals surface area contributed by atoms with Crippen molar-refractivity contribution in [2.75, 3.05) is 0 Å². The number of rotatable bonds is 11. The smallest absolute Gasteiger partial charge is 0.317 e. The standard InChI is InChI=1S/C15H22F8O3/c1-7(2)24-13(18,19)8(3)9(4)25-15(22,23)12(17)10(5)26-14(20,21)11(6)16/h7-10,12H,6H2,1-5H3. The molecule has 0 spiro atoms. The maximum atomic E-state index is 13.8. The molecule has 0 aliphatic carbocycles. The van der Waals surface area contributed by atoms with Crippen LogP contribution in [0.1, 0.15) is 34.6 Å². The first kappa shape index (κ1) is 25.1. The molecule has 0 fully saturated rings. The summed E-state index contributed by atoms with van der Waals surface area (Å²) in [5, 5.41) is 0. The van der Waals surface area contributed by atoms with Crippen molar-refractivity contribution in [1.29, 1.82) is 0 Å². The summed E-state index contributed by atoms with van der Waals surface area (Å²) in [6.45, 7) is 6.94. The summed E-state index contributed by atoms with van der Waals surface area (Å²) in [5.41, 5.74) is 0. The molecule has 0 rings (SSSR count). The van der Waals surface area contributed by atoms with Crippen molar-refractivity contribution in [3.05, 3.63) is 12.4 Å². The van der Waals surface area contributed by atoms with E-state index in [1.165, 1.54) is 13.8 Å². The van der Waals surface area contributed by atoms with Crippen molar-refractivity contribution >= 4 is 0 Å². The Labute approximate surface area is 146 Å². The lowest BCUT2D eigenvalue weighted by Gasteiger charge is -2.33. The highest BCUT2D eigenvalue weighted by atomic mass is 19.3. The molecule has 26 heavy (non-hydrogen) atoms. The van der Waals surface area contributed by atoms with E-state index in [0.29, 0.717) is 6.92 Å². The van der Waals surface area contributed by atoms with Gasteiger partial charge >= 0.3 is 18.3 Å². The third-order valence-corrected chi connectivity index (χ3v) is 3.35. The predicted molar refractivity (Wildman–Crippen MR) is 76.5 cm³/mol. The lowest BCUT2D eigenvalue weighted by Crippen LogP contribution is -2.48. The molecule has 4 unspecified atom stereocenters. The highest BCUT2D eigenvalue weighted by Crippen LogP contribution is 2.37. The van der Waals surface area contributed by atoms with E-state index in [1.807, 2.05) is 0 Å². The van der Waals surface area contributed by atoms with E-state index in [1.54, 1.807) is 0 Å². The summed E-state index contributed by atoms with van der Waals surface area (Å²) in [7, 11) is 0. The Balaban J connectivity index is 5.07. The van der Waals surface area contributed by atoms with Crippen LogP contribution in [0, 0.1) is 5.92 Å². The topological polar surface area (TPSA) is 27.7 Å². The number of alkyl halides is 7. The van der Waals surface area contributed by atoms with E-state index in [-0.39, 0.29) is 0 Å². The zero-order valence-electron chi connectivity index (χ0n) is 14.8. The Bertz CT molecular complexity index is 470. The molecule has 0 N–H and O–H groups in total. The first-order chi connectivity index (χ1) is 11.4. The van der Waals surface area contributed by atoms with Gasteiger partial charge in [0.25, 0.3) is 0 Å². The Morgan fingerprint density at radius 3 is 1.62 bits per heavy atom. The molecule has 0 aromatic carbocycles. The molecular formula is C15H22F8O3. The molecule has 0 heterocycles. The average molecular weight is 402 g/mol. The zero-order chi connectivity index (χ0) is 21.1. The molecule has 156 valence electrons. The van der Waals surface area contributed by atoms with Crippen molar-refractivity contribution in [2.24, 2.45) is 5.92 Å². The first-order valence-corrected chi connectivity index (χ1v) is 7.59. The molecule has 4 atom stereocenters. The van der Waals surface area contributed by atoms with Crippen molar-refractivity contribution in [3.8, 4) is 0 Å². The number of hydrogen-bond acceptors (Lipinski definition) is 3. The Hall–Kier alpha value is -0.940. The minimum atomic E-state index is -4.77. The van der Waals surface area contributed by atoms with Gasteiger partial charge in [-0.1, -0.05) is 13.5 Å². The fraction of sp³-hybridized carbons (Fsp3) is 0.867. The molecule has 0 bridgehead atoms. The van der Waals surface area contributed by atoms with Gasteiger partial charge in [0.15, 0.2) is 5.83 Å². The SMILES string of the molecule is C=C(F)C(F)(F)OC(C)C(F)C(F)(F)OC(C)C(C)C(F)(F)OC(C)C. The lowest BCUT2D eigenvalue weighted by molar-refractivity contribution is -0.354. The lowest BCUT2D eigenvalue weighted by atomic mass is 10.0. The second kappa shape index (κ2) is 8.83. The fourth-order valence-corrected chi connectivity index (χ4v) is 1.74. The monoisotopic (exact) mass is 402 g/mol. The summed E-state index contributed by atoms with van der Waals surface area (Å²) in [4.78, 5) is 0. The normalized spacial score (nSPS) is 18.5. The molecule has 0 aliphatic heterocycles. The van der Waals surface area contributed by atoms with E-state index < -0.39 is 54.6 Å². The van der Waals surface area contributed by atoms with Gasteiger partial charge in [-0.2, -0.15) is 26.3 Å². The minimum Gasteiger partial charge on any atom is -0.317 e. The van der Waals surface area contributed by atoms with Crippen LogP contribution in [-0.2, 0) is 14.2 Å². The third kappa shape index (κ3) is 6.99. The molecule has 0 radical (unpaired) electrons. The summed E-state index contributed by atoms with van der Waals surface area (Å²) in [6.07, 6.45) is -22.2. The average Bonchev–Trinajstić information content (AvgIpc) is 2.42. The van der Waals surface area contributed by atoms with E-state index in [2.05, 4.69) is 20.8 Å². The Morgan fingerprint density at radius 2 is 1.23 bits per heavy atom. The zero-order valence-corrected chi connectivity index (χ0v) is 14.8. The van der Waals surface area contributed by atoms with Gasteiger partial charge in [-0.15, -0.1) is 0 Å². The molecule has 0 saturated carbocycles. The number of hydrogen-bond donors (Lipinski definition) is 0. The predicted octanol–water partition coefficient (Wildman–Crippen LogP) is 5.46. The maximum Gasteiger partial charge on any atom is 0.409 e. The highest BCUT2D eigenvalue weighted by molar-refractivity contribution is 4.92. The van der Waals surface area contributed by atoms with Crippen LogP contribution in [0.25, 0.3) is 0 Å².